The highest BCUT2D eigenvalue weighted by Gasteiger charge is 2.54. The number of hydrogen-bond donors (Lipinski definition) is 0. The number of alkyl halides is 2. The summed E-state index contributed by atoms with van der Waals surface area (Å²) in [7, 11) is 0. The topological polar surface area (TPSA) is 57.3 Å². The standard InChI is InChI=1S/C14H20F2O5/c1-13(15,16)12(17)18-7-9-11(20-9)10-8-19-14(21-10)5-3-2-4-6-14/h9-11H,2-8H2,1H3. The van der Waals surface area contributed by atoms with Crippen molar-refractivity contribution in [1.29, 1.82) is 0 Å². The molecule has 0 aromatic rings. The molecule has 2 saturated heterocycles. The second kappa shape index (κ2) is 5.44. The van der Waals surface area contributed by atoms with Crippen LogP contribution >= 0.6 is 0 Å². The van der Waals surface area contributed by atoms with Gasteiger partial charge in [0.1, 0.15) is 24.9 Å². The van der Waals surface area contributed by atoms with Crippen LogP contribution < -0.4 is 0 Å². The second-order valence-electron chi connectivity index (χ2n) is 6.06. The summed E-state index contributed by atoms with van der Waals surface area (Å²) in [6.07, 6.45) is 4.34. The Morgan fingerprint density at radius 3 is 2.71 bits per heavy atom. The van der Waals surface area contributed by atoms with E-state index in [0.29, 0.717) is 13.5 Å². The fourth-order valence-corrected chi connectivity index (χ4v) is 2.99. The monoisotopic (exact) mass is 306 g/mol. The molecule has 0 aromatic heterocycles. The van der Waals surface area contributed by atoms with Gasteiger partial charge in [0.25, 0.3) is 0 Å². The van der Waals surface area contributed by atoms with Gasteiger partial charge in [-0.2, -0.15) is 8.78 Å². The summed E-state index contributed by atoms with van der Waals surface area (Å²) in [5, 5.41) is 0. The van der Waals surface area contributed by atoms with Gasteiger partial charge in [0, 0.05) is 19.8 Å². The van der Waals surface area contributed by atoms with Crippen LogP contribution in [-0.2, 0) is 23.7 Å². The van der Waals surface area contributed by atoms with Crippen molar-refractivity contribution in [2.45, 2.75) is 69.0 Å². The van der Waals surface area contributed by atoms with Gasteiger partial charge in [-0.1, -0.05) is 6.42 Å². The Kier molecular flexibility index (Phi) is 3.92. The van der Waals surface area contributed by atoms with Crippen molar-refractivity contribution in [3.05, 3.63) is 0 Å². The molecule has 0 amide bonds. The zero-order chi connectivity index (χ0) is 15.1. The van der Waals surface area contributed by atoms with Gasteiger partial charge in [-0.05, 0) is 12.8 Å². The molecule has 21 heavy (non-hydrogen) atoms. The lowest BCUT2D eigenvalue weighted by Crippen LogP contribution is -2.34. The number of rotatable bonds is 4. The summed E-state index contributed by atoms with van der Waals surface area (Å²) in [6.45, 7) is 0.792. The van der Waals surface area contributed by atoms with Gasteiger partial charge in [0.15, 0.2) is 5.79 Å². The third kappa shape index (κ3) is 3.35. The molecule has 1 spiro atoms. The van der Waals surface area contributed by atoms with Crippen LogP contribution in [0.2, 0.25) is 0 Å². The van der Waals surface area contributed by atoms with Gasteiger partial charge in [-0.15, -0.1) is 0 Å². The van der Waals surface area contributed by atoms with Crippen molar-refractivity contribution >= 4 is 5.97 Å². The van der Waals surface area contributed by atoms with Gasteiger partial charge in [0.2, 0.25) is 0 Å². The Labute approximate surface area is 121 Å². The Balaban J connectivity index is 1.43. The quantitative estimate of drug-likeness (QED) is 0.587. The van der Waals surface area contributed by atoms with E-state index in [0.717, 1.165) is 25.7 Å². The lowest BCUT2D eigenvalue weighted by molar-refractivity contribution is -0.188. The first-order valence-electron chi connectivity index (χ1n) is 7.42. The Morgan fingerprint density at radius 2 is 2.05 bits per heavy atom. The van der Waals surface area contributed by atoms with E-state index in [-0.39, 0.29) is 24.9 Å². The van der Waals surface area contributed by atoms with Crippen LogP contribution in [0.3, 0.4) is 0 Å². The van der Waals surface area contributed by atoms with Gasteiger partial charge in [-0.3, -0.25) is 0 Å². The van der Waals surface area contributed by atoms with Gasteiger partial charge in [-0.25, -0.2) is 4.79 Å². The van der Waals surface area contributed by atoms with Crippen molar-refractivity contribution in [2.24, 2.45) is 0 Å². The predicted octanol–water partition coefficient (Wildman–Crippen LogP) is 2.03. The average molecular weight is 306 g/mol. The Morgan fingerprint density at radius 1 is 1.33 bits per heavy atom. The summed E-state index contributed by atoms with van der Waals surface area (Å²) in [4.78, 5) is 11.0. The maximum Gasteiger partial charge on any atom is 0.376 e. The molecule has 5 nitrogen and oxygen atoms in total. The van der Waals surface area contributed by atoms with Crippen molar-refractivity contribution < 1.29 is 32.5 Å². The third-order valence-electron chi connectivity index (χ3n) is 4.22. The lowest BCUT2D eigenvalue weighted by Gasteiger charge is -2.31. The summed E-state index contributed by atoms with van der Waals surface area (Å²) < 4.78 is 47.0. The van der Waals surface area contributed by atoms with Gasteiger partial charge >= 0.3 is 11.9 Å². The van der Waals surface area contributed by atoms with Crippen LogP contribution in [-0.4, -0.2) is 49.2 Å². The molecule has 2 heterocycles. The first-order valence-corrected chi connectivity index (χ1v) is 7.42. The maximum atomic E-state index is 12.7. The third-order valence-corrected chi connectivity index (χ3v) is 4.22. The van der Waals surface area contributed by atoms with E-state index in [1.54, 1.807) is 0 Å². The SMILES string of the molecule is CC(F)(F)C(=O)OCC1OC1C1COC2(CCCCC2)O1. The minimum Gasteiger partial charge on any atom is -0.458 e. The lowest BCUT2D eigenvalue weighted by atomic mass is 9.94. The minimum atomic E-state index is -3.47. The summed E-state index contributed by atoms with van der Waals surface area (Å²) in [5.74, 6) is -5.47. The molecule has 0 radical (unpaired) electrons. The normalized spacial score (nSPS) is 34.9. The number of epoxide rings is 1. The molecule has 0 aromatic carbocycles. The van der Waals surface area contributed by atoms with Crippen LogP contribution in [0.25, 0.3) is 0 Å². The van der Waals surface area contributed by atoms with Gasteiger partial charge < -0.3 is 18.9 Å². The molecule has 3 rings (SSSR count). The Bertz CT molecular complexity index is 403. The highest BCUT2D eigenvalue weighted by Crippen LogP contribution is 2.42. The van der Waals surface area contributed by atoms with Crippen molar-refractivity contribution in [3.63, 3.8) is 0 Å². The molecule has 3 fully saturated rings. The molecule has 7 heteroatoms. The predicted molar refractivity (Wildman–Crippen MR) is 66.9 cm³/mol. The van der Waals surface area contributed by atoms with Crippen LogP contribution in [0, 0.1) is 0 Å². The van der Waals surface area contributed by atoms with E-state index < -0.39 is 17.7 Å². The summed E-state index contributed by atoms with van der Waals surface area (Å²) >= 11 is 0. The van der Waals surface area contributed by atoms with Crippen molar-refractivity contribution in [3.8, 4) is 0 Å². The Hall–Kier alpha value is -0.790. The van der Waals surface area contributed by atoms with Crippen LogP contribution in [0.15, 0.2) is 0 Å². The molecule has 1 aliphatic carbocycles. The number of esters is 1. The van der Waals surface area contributed by atoms with E-state index in [9.17, 15) is 13.6 Å². The first-order chi connectivity index (χ1) is 9.90. The number of ether oxygens (including phenoxy) is 4. The number of carbonyl (C=O) groups is 1. The van der Waals surface area contributed by atoms with E-state index in [1.807, 2.05) is 0 Å². The highest BCUT2D eigenvalue weighted by molar-refractivity contribution is 5.76. The minimum absolute atomic E-state index is 0.167. The van der Waals surface area contributed by atoms with E-state index in [1.165, 1.54) is 6.42 Å². The van der Waals surface area contributed by atoms with Gasteiger partial charge in [0.05, 0.1) is 6.61 Å². The molecule has 3 aliphatic rings. The fourth-order valence-electron chi connectivity index (χ4n) is 2.99. The second-order valence-corrected chi connectivity index (χ2v) is 6.06. The zero-order valence-electron chi connectivity index (χ0n) is 12.0. The molecule has 0 N–H and O–H groups in total. The number of hydrogen-bond acceptors (Lipinski definition) is 5. The zero-order valence-corrected chi connectivity index (χ0v) is 12.0. The number of carbonyl (C=O) groups excluding carboxylic acids is 1. The highest BCUT2D eigenvalue weighted by atomic mass is 19.3. The van der Waals surface area contributed by atoms with E-state index in [4.69, 9.17) is 14.2 Å². The molecular weight excluding hydrogens is 286 g/mol. The summed E-state index contributed by atoms with van der Waals surface area (Å²) in [5.41, 5.74) is 0. The largest absolute Gasteiger partial charge is 0.458 e. The number of halogens is 2. The molecule has 3 unspecified atom stereocenters. The first kappa shape index (κ1) is 15.1. The van der Waals surface area contributed by atoms with Crippen LogP contribution in [0.4, 0.5) is 8.78 Å². The molecule has 120 valence electrons. The maximum absolute atomic E-state index is 12.7. The smallest absolute Gasteiger partial charge is 0.376 e. The van der Waals surface area contributed by atoms with Crippen LogP contribution in [0.1, 0.15) is 39.0 Å². The summed E-state index contributed by atoms with van der Waals surface area (Å²) in [6, 6.07) is 0. The average Bonchev–Trinajstić information content (AvgIpc) is 3.11. The fraction of sp³-hybridized carbons (Fsp3) is 0.929. The van der Waals surface area contributed by atoms with Crippen molar-refractivity contribution in [2.75, 3.05) is 13.2 Å². The molecule has 1 saturated carbocycles. The van der Waals surface area contributed by atoms with E-state index >= 15 is 0 Å². The molecule has 3 atom stereocenters. The molecule has 2 aliphatic heterocycles. The van der Waals surface area contributed by atoms with Crippen molar-refractivity contribution in [1.82, 2.24) is 0 Å². The van der Waals surface area contributed by atoms with Crippen LogP contribution in [0.5, 0.6) is 0 Å². The molecule has 0 bridgehead atoms. The molecular formula is C14H20F2O5. The van der Waals surface area contributed by atoms with E-state index in [2.05, 4.69) is 4.74 Å².